The van der Waals surface area contributed by atoms with Gasteiger partial charge < -0.3 is 19.9 Å². The fraction of sp³-hybridized carbons (Fsp3) is 0.217. The van der Waals surface area contributed by atoms with Crippen LogP contribution in [0.15, 0.2) is 54.7 Å². The Kier molecular flexibility index (Phi) is 6.66. The molecule has 0 fully saturated rings. The first-order valence-corrected chi connectivity index (χ1v) is 10.9. The van der Waals surface area contributed by atoms with Gasteiger partial charge in [-0.25, -0.2) is 14.6 Å². The molecule has 0 unspecified atom stereocenters. The molecule has 0 saturated heterocycles. The van der Waals surface area contributed by atoms with Crippen LogP contribution >= 0.6 is 11.3 Å². The van der Waals surface area contributed by atoms with Gasteiger partial charge in [-0.05, 0) is 22.3 Å². The monoisotopic (exact) mass is 467 g/mol. The average Bonchev–Trinajstić information content (AvgIpc) is 3.40. The van der Waals surface area contributed by atoms with Gasteiger partial charge in [0.15, 0.2) is 11.2 Å². The largest absolute Gasteiger partial charge is 0.480 e. The Balaban J connectivity index is 1.36. The molecule has 33 heavy (non-hydrogen) atoms. The van der Waals surface area contributed by atoms with Crippen molar-refractivity contribution in [3.05, 3.63) is 70.7 Å². The van der Waals surface area contributed by atoms with Crippen LogP contribution in [0.1, 0.15) is 26.7 Å². The van der Waals surface area contributed by atoms with Crippen LogP contribution in [0.2, 0.25) is 0 Å². The number of nitrogens with one attached hydrogen (secondary N) is 2. The molecular weight excluding hydrogens is 446 g/mol. The number of benzene rings is 2. The highest BCUT2D eigenvalue weighted by molar-refractivity contribution is 7.17. The van der Waals surface area contributed by atoms with Gasteiger partial charge in [0, 0.05) is 13.0 Å². The highest BCUT2D eigenvalue weighted by Crippen LogP contribution is 2.44. The third-order valence-corrected chi connectivity index (χ3v) is 6.13. The lowest BCUT2D eigenvalue weighted by Crippen LogP contribution is -2.43. The molecule has 1 aliphatic rings. The molecule has 3 N–H and O–H groups in total. The number of amides is 2. The molecule has 0 bridgehead atoms. The van der Waals surface area contributed by atoms with E-state index in [1.165, 1.54) is 13.3 Å². The lowest BCUT2D eigenvalue weighted by molar-refractivity contribution is -0.140. The van der Waals surface area contributed by atoms with Crippen LogP contribution in [0.5, 0.6) is 0 Å². The molecule has 2 amide bonds. The number of fused-ring (bicyclic) bond motifs is 3. The van der Waals surface area contributed by atoms with Gasteiger partial charge in [0.1, 0.15) is 11.5 Å². The van der Waals surface area contributed by atoms with Crippen molar-refractivity contribution in [3.8, 4) is 11.1 Å². The first-order chi connectivity index (χ1) is 16.0. The lowest BCUT2D eigenvalue weighted by atomic mass is 9.98. The van der Waals surface area contributed by atoms with E-state index in [0.717, 1.165) is 33.6 Å². The van der Waals surface area contributed by atoms with Gasteiger partial charge in [0.25, 0.3) is 5.91 Å². The molecule has 0 spiro atoms. The summed E-state index contributed by atoms with van der Waals surface area (Å²) in [6.45, 7) is -0.0272. The number of methoxy groups -OCH3 is 1. The summed E-state index contributed by atoms with van der Waals surface area (Å²) >= 11 is 0.908. The number of anilines is 1. The van der Waals surface area contributed by atoms with Crippen molar-refractivity contribution in [1.82, 2.24) is 10.3 Å². The first-order valence-electron chi connectivity index (χ1n) is 10.1. The SMILES string of the molecule is COC[C@H](NC(=O)c1cnc(NC(=O)OCC2c3ccccc3-c3ccccc32)s1)C(=O)O. The fourth-order valence-electron chi connectivity index (χ4n) is 3.73. The minimum absolute atomic E-state index is 0.0745. The highest BCUT2D eigenvalue weighted by Gasteiger charge is 2.29. The van der Waals surface area contributed by atoms with Gasteiger partial charge in [-0.3, -0.25) is 10.1 Å². The van der Waals surface area contributed by atoms with E-state index >= 15 is 0 Å². The Morgan fingerprint density at radius 2 is 1.73 bits per heavy atom. The predicted octanol–water partition coefficient (Wildman–Crippen LogP) is 3.33. The number of carboxylic acid groups (broad SMARTS) is 1. The Hall–Kier alpha value is -3.76. The van der Waals surface area contributed by atoms with Crippen LogP contribution in [0.3, 0.4) is 0 Å². The maximum absolute atomic E-state index is 12.4. The van der Waals surface area contributed by atoms with Crippen molar-refractivity contribution in [2.24, 2.45) is 0 Å². The number of carbonyl (C=O) groups is 3. The molecular formula is C23H21N3O6S. The van der Waals surface area contributed by atoms with Gasteiger partial charge in [-0.15, -0.1) is 0 Å². The number of ether oxygens (including phenoxy) is 2. The summed E-state index contributed by atoms with van der Waals surface area (Å²) in [6.07, 6.45) is 0.561. The summed E-state index contributed by atoms with van der Waals surface area (Å²) in [7, 11) is 1.34. The van der Waals surface area contributed by atoms with Crippen molar-refractivity contribution in [1.29, 1.82) is 0 Å². The van der Waals surface area contributed by atoms with Crippen molar-refractivity contribution < 1.29 is 29.0 Å². The van der Waals surface area contributed by atoms with Crippen LogP contribution in [0.4, 0.5) is 9.93 Å². The maximum atomic E-state index is 12.4. The van der Waals surface area contributed by atoms with E-state index in [1.54, 1.807) is 0 Å². The zero-order chi connectivity index (χ0) is 23.4. The Morgan fingerprint density at radius 1 is 1.09 bits per heavy atom. The maximum Gasteiger partial charge on any atom is 0.413 e. The molecule has 0 saturated carbocycles. The summed E-state index contributed by atoms with van der Waals surface area (Å²) in [6, 6.07) is 14.9. The summed E-state index contributed by atoms with van der Waals surface area (Å²) < 4.78 is 10.3. The minimum atomic E-state index is -1.22. The second-order valence-electron chi connectivity index (χ2n) is 7.30. The van der Waals surface area contributed by atoms with Crippen LogP contribution in [0, 0.1) is 0 Å². The molecule has 2 aromatic carbocycles. The van der Waals surface area contributed by atoms with Gasteiger partial charge in [-0.2, -0.15) is 0 Å². The van der Waals surface area contributed by atoms with Gasteiger partial charge in [-0.1, -0.05) is 59.9 Å². The van der Waals surface area contributed by atoms with Crippen molar-refractivity contribution in [2.45, 2.75) is 12.0 Å². The molecule has 10 heteroatoms. The Bertz CT molecular complexity index is 1150. The van der Waals surface area contributed by atoms with E-state index in [0.29, 0.717) is 0 Å². The number of carbonyl (C=O) groups excluding carboxylic acids is 2. The number of carboxylic acids is 1. The van der Waals surface area contributed by atoms with Crippen LogP contribution in [-0.2, 0) is 14.3 Å². The molecule has 3 aromatic rings. The quantitative estimate of drug-likeness (QED) is 0.464. The third-order valence-electron chi connectivity index (χ3n) is 5.22. The zero-order valence-electron chi connectivity index (χ0n) is 17.6. The molecule has 0 radical (unpaired) electrons. The molecule has 1 heterocycles. The third kappa shape index (κ3) is 4.86. The van der Waals surface area contributed by atoms with E-state index in [1.807, 2.05) is 36.4 Å². The van der Waals surface area contributed by atoms with Crippen LogP contribution in [0.25, 0.3) is 11.1 Å². The number of nitrogens with zero attached hydrogens (tertiary/aromatic N) is 1. The van der Waals surface area contributed by atoms with E-state index in [2.05, 4.69) is 27.8 Å². The fourth-order valence-corrected chi connectivity index (χ4v) is 4.43. The zero-order valence-corrected chi connectivity index (χ0v) is 18.4. The second-order valence-corrected chi connectivity index (χ2v) is 8.33. The highest BCUT2D eigenvalue weighted by atomic mass is 32.1. The van der Waals surface area contributed by atoms with E-state index in [9.17, 15) is 14.4 Å². The van der Waals surface area contributed by atoms with Crippen molar-refractivity contribution >= 4 is 34.4 Å². The Morgan fingerprint density at radius 3 is 2.33 bits per heavy atom. The second kappa shape index (κ2) is 9.80. The van der Waals surface area contributed by atoms with E-state index in [-0.39, 0.29) is 29.1 Å². The smallest absolute Gasteiger partial charge is 0.413 e. The van der Waals surface area contributed by atoms with Gasteiger partial charge >= 0.3 is 12.1 Å². The van der Waals surface area contributed by atoms with Gasteiger partial charge in [0.2, 0.25) is 0 Å². The normalized spacial score (nSPS) is 13.0. The molecule has 0 aliphatic heterocycles. The molecule has 1 aromatic heterocycles. The average molecular weight is 468 g/mol. The lowest BCUT2D eigenvalue weighted by Gasteiger charge is -2.14. The summed E-state index contributed by atoms with van der Waals surface area (Å²) in [5.74, 6) is -1.92. The minimum Gasteiger partial charge on any atom is -0.480 e. The van der Waals surface area contributed by atoms with Crippen LogP contribution < -0.4 is 10.6 Å². The molecule has 1 atom stereocenters. The predicted molar refractivity (Wildman–Crippen MR) is 122 cm³/mol. The van der Waals surface area contributed by atoms with Gasteiger partial charge in [0.05, 0.1) is 12.8 Å². The molecule has 4 rings (SSSR count). The number of aliphatic carboxylic acids is 1. The number of hydrogen-bond acceptors (Lipinski definition) is 7. The number of aromatic nitrogens is 1. The number of thiazole rings is 1. The van der Waals surface area contributed by atoms with E-state index < -0.39 is 24.0 Å². The summed E-state index contributed by atoms with van der Waals surface area (Å²) in [5, 5.41) is 14.1. The topological polar surface area (TPSA) is 127 Å². The summed E-state index contributed by atoms with van der Waals surface area (Å²) in [4.78, 5) is 39.9. The molecule has 1 aliphatic carbocycles. The summed E-state index contributed by atoms with van der Waals surface area (Å²) in [5.41, 5.74) is 4.46. The standard InChI is InChI=1S/C23H21N3O6S/c1-31-12-18(21(28)29)25-20(27)19-10-24-22(33-19)26-23(30)32-11-17-15-8-4-2-6-13(15)14-7-3-5-9-16(14)17/h2-10,17-18H,11-12H2,1H3,(H,25,27)(H,28,29)(H,24,26,30)/t18-/m0/s1. The van der Waals surface area contributed by atoms with E-state index in [4.69, 9.17) is 14.6 Å². The number of hydrogen-bond donors (Lipinski definition) is 3. The molecule has 170 valence electrons. The van der Waals surface area contributed by atoms with Crippen molar-refractivity contribution in [2.75, 3.05) is 25.6 Å². The van der Waals surface area contributed by atoms with Crippen molar-refractivity contribution in [3.63, 3.8) is 0 Å². The molecule has 9 nitrogen and oxygen atoms in total. The first kappa shape index (κ1) is 22.4. The number of rotatable bonds is 8. The Labute approximate surface area is 193 Å². The van der Waals surface area contributed by atoms with Crippen LogP contribution in [-0.4, -0.2) is 54.4 Å².